The molecule has 3 rings (SSSR count). The first kappa shape index (κ1) is 27.2. The van der Waals surface area contributed by atoms with Crippen molar-refractivity contribution in [1.29, 1.82) is 0 Å². The molecule has 0 unspecified atom stereocenters. The van der Waals surface area contributed by atoms with Crippen molar-refractivity contribution in [2.45, 2.75) is 46.2 Å². The van der Waals surface area contributed by atoms with Crippen LogP contribution < -0.4 is 20.9 Å². The second-order valence-corrected chi connectivity index (χ2v) is 9.05. The van der Waals surface area contributed by atoms with Crippen LogP contribution in [0.2, 0.25) is 0 Å². The third-order valence-electron chi connectivity index (χ3n) is 5.64. The van der Waals surface area contributed by atoms with Crippen LogP contribution in [0.15, 0.2) is 29.1 Å². The first-order valence-electron chi connectivity index (χ1n) is 12.3. The van der Waals surface area contributed by atoms with Gasteiger partial charge in [0, 0.05) is 39.6 Å². The number of fused-ring (bicyclic) bond motifs is 1. The molecular formula is C25H37N7O4. The van der Waals surface area contributed by atoms with Crippen molar-refractivity contribution in [3.63, 3.8) is 0 Å². The Morgan fingerprint density at radius 2 is 1.97 bits per heavy atom. The van der Waals surface area contributed by atoms with E-state index < -0.39 is 0 Å². The Balaban J connectivity index is 1.71. The zero-order valence-electron chi connectivity index (χ0n) is 21.6. The predicted octanol–water partition coefficient (Wildman–Crippen LogP) is 2.26. The summed E-state index contributed by atoms with van der Waals surface area (Å²) >= 11 is 0. The molecule has 0 atom stereocenters. The lowest BCUT2D eigenvalue weighted by Crippen LogP contribution is -2.33. The molecule has 0 aliphatic heterocycles. The third kappa shape index (κ3) is 7.79. The Hall–Kier alpha value is -3.44. The number of imidazole rings is 1. The van der Waals surface area contributed by atoms with Gasteiger partial charge in [-0.15, -0.1) is 0 Å². The number of rotatable bonds is 14. The SMILES string of the molecule is CCCCOc1nc(N)c2[nH]c(=O)n(CCCN(CCN(C)C)Cc3cccc(OC(C)=O)c3)c2n1. The highest BCUT2D eigenvalue weighted by Gasteiger charge is 2.15. The number of carbonyl (C=O) groups is 1. The molecular weight excluding hydrogens is 462 g/mol. The van der Waals surface area contributed by atoms with Crippen molar-refractivity contribution in [2.24, 2.45) is 0 Å². The number of nitrogens with two attached hydrogens (primary N) is 1. The van der Waals surface area contributed by atoms with Crippen LogP contribution in [0.4, 0.5) is 5.82 Å². The highest BCUT2D eigenvalue weighted by molar-refractivity contribution is 5.81. The highest BCUT2D eigenvalue weighted by atomic mass is 16.5. The molecule has 0 fully saturated rings. The molecule has 0 saturated heterocycles. The van der Waals surface area contributed by atoms with Crippen LogP contribution in [0.25, 0.3) is 11.2 Å². The van der Waals surface area contributed by atoms with E-state index in [0.29, 0.717) is 36.6 Å². The van der Waals surface area contributed by atoms with Gasteiger partial charge < -0.3 is 25.1 Å². The molecule has 0 radical (unpaired) electrons. The van der Waals surface area contributed by atoms with Gasteiger partial charge in [0.15, 0.2) is 11.5 Å². The minimum Gasteiger partial charge on any atom is -0.463 e. The van der Waals surface area contributed by atoms with Crippen molar-refractivity contribution >= 4 is 23.0 Å². The van der Waals surface area contributed by atoms with Crippen molar-refractivity contribution in [3.8, 4) is 11.8 Å². The van der Waals surface area contributed by atoms with Crippen LogP contribution in [-0.2, 0) is 17.9 Å². The molecule has 0 spiro atoms. The fourth-order valence-corrected chi connectivity index (χ4v) is 3.81. The third-order valence-corrected chi connectivity index (χ3v) is 5.64. The number of anilines is 1. The van der Waals surface area contributed by atoms with E-state index >= 15 is 0 Å². The number of esters is 1. The molecule has 3 aromatic rings. The van der Waals surface area contributed by atoms with Gasteiger partial charge in [-0.2, -0.15) is 9.97 Å². The van der Waals surface area contributed by atoms with E-state index in [1.165, 1.54) is 6.92 Å². The first-order chi connectivity index (χ1) is 17.3. The summed E-state index contributed by atoms with van der Waals surface area (Å²) in [5.41, 5.74) is 7.71. The van der Waals surface area contributed by atoms with Gasteiger partial charge in [-0.05, 0) is 44.6 Å². The maximum atomic E-state index is 12.7. The number of H-pyrrole nitrogens is 1. The molecule has 11 heteroatoms. The lowest BCUT2D eigenvalue weighted by molar-refractivity contribution is -0.131. The fourth-order valence-electron chi connectivity index (χ4n) is 3.81. The monoisotopic (exact) mass is 499 g/mol. The predicted molar refractivity (Wildman–Crippen MR) is 139 cm³/mol. The maximum absolute atomic E-state index is 12.7. The number of carbonyl (C=O) groups excluding carboxylic acids is 1. The largest absolute Gasteiger partial charge is 0.463 e. The molecule has 196 valence electrons. The summed E-state index contributed by atoms with van der Waals surface area (Å²) in [6.07, 6.45) is 2.60. The van der Waals surface area contributed by atoms with Crippen molar-refractivity contribution < 1.29 is 14.3 Å². The van der Waals surface area contributed by atoms with Gasteiger partial charge in [-0.25, -0.2) is 4.79 Å². The van der Waals surface area contributed by atoms with E-state index in [-0.39, 0.29) is 23.5 Å². The van der Waals surface area contributed by atoms with Crippen molar-refractivity contribution in [2.75, 3.05) is 46.1 Å². The van der Waals surface area contributed by atoms with Crippen LogP contribution >= 0.6 is 0 Å². The number of aryl methyl sites for hydroxylation is 1. The minimum atomic E-state index is -0.343. The number of likely N-dealkylation sites (N-methyl/N-ethyl adjacent to an activating group) is 1. The van der Waals surface area contributed by atoms with Gasteiger partial charge in [0.1, 0.15) is 11.3 Å². The van der Waals surface area contributed by atoms with Gasteiger partial charge in [0.05, 0.1) is 6.61 Å². The van der Waals surface area contributed by atoms with Crippen LogP contribution in [-0.4, -0.2) is 75.6 Å². The zero-order valence-corrected chi connectivity index (χ0v) is 21.6. The van der Waals surface area contributed by atoms with Gasteiger partial charge in [0.2, 0.25) is 0 Å². The van der Waals surface area contributed by atoms with E-state index in [2.05, 4.69) is 31.7 Å². The molecule has 0 aliphatic rings. The molecule has 0 aliphatic carbocycles. The number of nitrogens with zero attached hydrogens (tertiary/aromatic N) is 5. The zero-order chi connectivity index (χ0) is 26.1. The number of hydrogen-bond acceptors (Lipinski definition) is 9. The number of nitrogen functional groups attached to an aromatic ring is 1. The van der Waals surface area contributed by atoms with E-state index in [1.807, 2.05) is 32.3 Å². The van der Waals surface area contributed by atoms with Crippen molar-refractivity contribution in [3.05, 3.63) is 40.3 Å². The Bertz CT molecular complexity index is 1200. The molecule has 0 bridgehead atoms. The quantitative estimate of drug-likeness (QED) is 0.195. The average Bonchev–Trinajstić information content (AvgIpc) is 3.13. The van der Waals surface area contributed by atoms with Crippen LogP contribution in [0, 0.1) is 0 Å². The van der Waals surface area contributed by atoms with Gasteiger partial charge in [-0.3, -0.25) is 14.3 Å². The molecule has 3 N–H and O–H groups in total. The molecule has 11 nitrogen and oxygen atoms in total. The minimum absolute atomic E-state index is 0.182. The van der Waals surface area contributed by atoms with Crippen LogP contribution in [0.5, 0.6) is 11.8 Å². The Morgan fingerprint density at radius 3 is 2.69 bits per heavy atom. The number of ether oxygens (including phenoxy) is 2. The summed E-state index contributed by atoms with van der Waals surface area (Å²) in [5, 5.41) is 0. The molecule has 0 amide bonds. The number of nitrogens with one attached hydrogen (secondary N) is 1. The second kappa shape index (κ2) is 13.0. The number of benzene rings is 1. The number of aromatic nitrogens is 4. The summed E-state index contributed by atoms with van der Waals surface area (Å²) in [6.45, 7) is 7.61. The smallest absolute Gasteiger partial charge is 0.327 e. The van der Waals surface area contributed by atoms with Crippen molar-refractivity contribution in [1.82, 2.24) is 29.3 Å². The molecule has 2 aromatic heterocycles. The van der Waals surface area contributed by atoms with Gasteiger partial charge in [-0.1, -0.05) is 25.5 Å². The standard InChI is InChI=1S/C25H37N7O4/c1-5-6-15-35-24-28-22(26)21-23(29-24)32(25(34)27-21)12-8-11-31(14-13-30(3)4)17-19-9-7-10-20(16-19)36-18(2)33/h7,9-10,16H,5-6,8,11-15,17H2,1-4H3,(H,27,34)(H2,26,28,29). The van der Waals surface area contributed by atoms with E-state index in [1.54, 1.807) is 10.6 Å². The lowest BCUT2D eigenvalue weighted by atomic mass is 10.2. The lowest BCUT2D eigenvalue weighted by Gasteiger charge is -2.24. The molecule has 2 heterocycles. The Kier molecular flexibility index (Phi) is 9.83. The second-order valence-electron chi connectivity index (χ2n) is 9.05. The van der Waals surface area contributed by atoms with E-state index in [0.717, 1.165) is 44.5 Å². The summed E-state index contributed by atoms with van der Waals surface area (Å²) in [4.78, 5) is 39.8. The highest BCUT2D eigenvalue weighted by Crippen LogP contribution is 2.19. The molecule has 0 saturated carbocycles. The summed E-state index contributed by atoms with van der Waals surface area (Å²) < 4.78 is 12.4. The molecule has 1 aromatic carbocycles. The van der Waals surface area contributed by atoms with Gasteiger partial charge in [0.25, 0.3) is 0 Å². The van der Waals surface area contributed by atoms with Crippen LogP contribution in [0.1, 0.15) is 38.7 Å². The summed E-state index contributed by atoms with van der Waals surface area (Å²) in [7, 11) is 4.07. The van der Waals surface area contributed by atoms with E-state index in [4.69, 9.17) is 15.2 Å². The molecule has 36 heavy (non-hydrogen) atoms. The first-order valence-corrected chi connectivity index (χ1v) is 12.3. The Morgan fingerprint density at radius 1 is 1.17 bits per heavy atom. The Labute approximate surface area is 211 Å². The van der Waals surface area contributed by atoms with Crippen LogP contribution in [0.3, 0.4) is 0 Å². The summed E-state index contributed by atoms with van der Waals surface area (Å²) in [6, 6.07) is 7.73. The summed E-state index contributed by atoms with van der Waals surface area (Å²) in [5.74, 6) is 0.388. The van der Waals surface area contributed by atoms with E-state index in [9.17, 15) is 9.59 Å². The topological polar surface area (TPSA) is 132 Å². The number of unbranched alkanes of at least 4 members (excludes halogenated alkanes) is 1. The normalized spacial score (nSPS) is 11.5. The number of hydrogen-bond donors (Lipinski definition) is 2. The average molecular weight is 500 g/mol. The van der Waals surface area contributed by atoms with Gasteiger partial charge >= 0.3 is 17.7 Å². The maximum Gasteiger partial charge on any atom is 0.327 e. The number of aromatic amines is 1. The fraction of sp³-hybridized carbons (Fsp3) is 0.520.